The van der Waals surface area contributed by atoms with Gasteiger partial charge in [0.25, 0.3) is 0 Å². The second-order valence-corrected chi connectivity index (χ2v) is 8.25. The van der Waals surface area contributed by atoms with Crippen molar-refractivity contribution in [2.75, 3.05) is 0 Å². The minimum absolute atomic E-state index is 0.501. The lowest BCUT2D eigenvalue weighted by Crippen LogP contribution is -2.13. The second-order valence-electron chi connectivity index (χ2n) is 8.25. The van der Waals surface area contributed by atoms with E-state index >= 15 is 0 Å². The minimum atomic E-state index is 0.501. The Hall–Kier alpha value is -0.980. The molecule has 1 fully saturated rings. The molecule has 0 spiro atoms. The standard InChI is InChI=1S/C24H40O/c1-2-3-4-5-6-7-8-9-10-11-14-21-17-19-22(20-18-21)23-15-12-13-16-24(23)25/h12-13,15-16,21-22,25H,2-11,14,17-20H2,1H3. The smallest absolute Gasteiger partial charge is 0.119 e. The van der Waals surface area contributed by atoms with Crippen LogP contribution in [0.2, 0.25) is 0 Å². The van der Waals surface area contributed by atoms with Crippen molar-refractivity contribution in [3.05, 3.63) is 29.8 Å². The molecular weight excluding hydrogens is 304 g/mol. The van der Waals surface area contributed by atoms with Crippen molar-refractivity contribution in [2.45, 2.75) is 109 Å². The van der Waals surface area contributed by atoms with E-state index in [1.807, 2.05) is 12.1 Å². The number of aromatic hydroxyl groups is 1. The molecule has 2 rings (SSSR count). The van der Waals surface area contributed by atoms with E-state index in [4.69, 9.17) is 0 Å². The summed E-state index contributed by atoms with van der Waals surface area (Å²) in [7, 11) is 0. The third-order valence-electron chi connectivity index (χ3n) is 6.19. The van der Waals surface area contributed by atoms with Crippen LogP contribution in [0.3, 0.4) is 0 Å². The van der Waals surface area contributed by atoms with Crippen LogP contribution >= 0.6 is 0 Å². The Labute approximate surface area is 156 Å². The SMILES string of the molecule is CCCCCCCCCCCCC1CCC(c2ccccc2O)CC1. The molecule has 0 radical (unpaired) electrons. The zero-order valence-corrected chi connectivity index (χ0v) is 16.5. The maximum Gasteiger partial charge on any atom is 0.119 e. The maximum atomic E-state index is 10.0. The fourth-order valence-corrected chi connectivity index (χ4v) is 4.52. The van der Waals surface area contributed by atoms with Crippen molar-refractivity contribution < 1.29 is 5.11 Å². The average molecular weight is 345 g/mol. The Morgan fingerprint density at radius 2 is 1.32 bits per heavy atom. The Bertz CT molecular complexity index is 445. The Morgan fingerprint density at radius 1 is 0.760 bits per heavy atom. The number of phenolic OH excluding ortho intramolecular Hbond substituents is 1. The summed E-state index contributed by atoms with van der Waals surface area (Å²) in [6.45, 7) is 2.29. The Balaban J connectivity index is 1.47. The number of rotatable bonds is 12. The van der Waals surface area contributed by atoms with E-state index in [0.717, 1.165) is 5.92 Å². The van der Waals surface area contributed by atoms with Gasteiger partial charge in [-0.05, 0) is 49.1 Å². The molecule has 25 heavy (non-hydrogen) atoms. The van der Waals surface area contributed by atoms with Gasteiger partial charge in [-0.15, -0.1) is 0 Å². The van der Waals surface area contributed by atoms with Crippen LogP contribution in [0.1, 0.15) is 115 Å². The van der Waals surface area contributed by atoms with E-state index in [2.05, 4.69) is 19.1 Å². The van der Waals surface area contributed by atoms with Crippen molar-refractivity contribution in [3.63, 3.8) is 0 Å². The second kappa shape index (κ2) is 12.4. The lowest BCUT2D eigenvalue weighted by atomic mass is 9.77. The first-order valence-electron chi connectivity index (χ1n) is 11.1. The third kappa shape index (κ3) is 7.84. The Morgan fingerprint density at radius 3 is 1.92 bits per heavy atom. The molecule has 0 bridgehead atoms. The molecule has 1 nitrogen and oxygen atoms in total. The average Bonchev–Trinajstić information content (AvgIpc) is 2.64. The van der Waals surface area contributed by atoms with E-state index in [0.29, 0.717) is 11.7 Å². The fraction of sp³-hybridized carbons (Fsp3) is 0.750. The highest BCUT2D eigenvalue weighted by molar-refractivity contribution is 5.35. The van der Waals surface area contributed by atoms with Crippen LogP contribution in [0, 0.1) is 5.92 Å². The summed E-state index contributed by atoms with van der Waals surface area (Å²) in [5.41, 5.74) is 1.18. The summed E-state index contributed by atoms with van der Waals surface area (Å²) in [6.07, 6.45) is 21.0. The molecule has 1 heteroatoms. The molecule has 0 heterocycles. The predicted octanol–water partition coefficient (Wildman–Crippen LogP) is 7.98. The van der Waals surface area contributed by atoms with Crippen molar-refractivity contribution in [1.29, 1.82) is 0 Å². The van der Waals surface area contributed by atoms with Crippen LogP contribution < -0.4 is 0 Å². The highest BCUT2D eigenvalue weighted by Gasteiger charge is 2.23. The molecule has 0 unspecified atom stereocenters. The molecule has 142 valence electrons. The van der Waals surface area contributed by atoms with E-state index in [1.54, 1.807) is 0 Å². The van der Waals surface area contributed by atoms with Crippen molar-refractivity contribution in [3.8, 4) is 5.75 Å². The van der Waals surface area contributed by atoms with Crippen molar-refractivity contribution in [1.82, 2.24) is 0 Å². The lowest BCUT2D eigenvalue weighted by Gasteiger charge is -2.29. The summed E-state index contributed by atoms with van der Waals surface area (Å²) < 4.78 is 0. The minimum Gasteiger partial charge on any atom is -0.508 e. The van der Waals surface area contributed by atoms with E-state index < -0.39 is 0 Å². The summed E-state index contributed by atoms with van der Waals surface area (Å²) in [4.78, 5) is 0. The van der Waals surface area contributed by atoms with Gasteiger partial charge in [-0.2, -0.15) is 0 Å². The highest BCUT2D eigenvalue weighted by Crippen LogP contribution is 2.40. The van der Waals surface area contributed by atoms with Crippen LogP contribution in [-0.2, 0) is 0 Å². The summed E-state index contributed by atoms with van der Waals surface area (Å²) in [5.74, 6) is 2.03. The largest absolute Gasteiger partial charge is 0.508 e. The van der Waals surface area contributed by atoms with Crippen molar-refractivity contribution in [2.24, 2.45) is 5.92 Å². The van der Waals surface area contributed by atoms with Gasteiger partial charge in [-0.25, -0.2) is 0 Å². The molecule has 1 saturated carbocycles. The first-order valence-corrected chi connectivity index (χ1v) is 11.1. The summed E-state index contributed by atoms with van der Waals surface area (Å²) in [5, 5.41) is 10.0. The van der Waals surface area contributed by atoms with Gasteiger partial charge in [-0.1, -0.05) is 95.8 Å². The van der Waals surface area contributed by atoms with Gasteiger partial charge in [0.2, 0.25) is 0 Å². The monoisotopic (exact) mass is 344 g/mol. The molecule has 0 aliphatic heterocycles. The summed E-state index contributed by atoms with van der Waals surface area (Å²) in [6, 6.07) is 7.94. The zero-order chi connectivity index (χ0) is 17.7. The number of hydrogen-bond acceptors (Lipinski definition) is 1. The maximum absolute atomic E-state index is 10.0. The topological polar surface area (TPSA) is 20.2 Å². The normalized spacial score (nSPS) is 20.7. The first kappa shape index (κ1) is 20.3. The van der Waals surface area contributed by atoms with Crippen LogP contribution in [0.4, 0.5) is 0 Å². The lowest BCUT2D eigenvalue weighted by molar-refractivity contribution is 0.298. The van der Waals surface area contributed by atoms with Gasteiger partial charge in [0.15, 0.2) is 0 Å². The highest BCUT2D eigenvalue weighted by atomic mass is 16.3. The molecule has 0 saturated heterocycles. The Kier molecular flexibility index (Phi) is 10.1. The number of phenols is 1. The molecule has 1 aliphatic carbocycles. The third-order valence-corrected chi connectivity index (χ3v) is 6.19. The van der Waals surface area contributed by atoms with E-state index in [-0.39, 0.29) is 0 Å². The van der Waals surface area contributed by atoms with E-state index in [1.165, 1.54) is 102 Å². The van der Waals surface area contributed by atoms with Gasteiger partial charge < -0.3 is 5.11 Å². The number of benzene rings is 1. The fourth-order valence-electron chi connectivity index (χ4n) is 4.52. The quantitative estimate of drug-likeness (QED) is 0.381. The van der Waals surface area contributed by atoms with Crippen LogP contribution in [0.5, 0.6) is 5.75 Å². The van der Waals surface area contributed by atoms with Crippen LogP contribution in [0.15, 0.2) is 24.3 Å². The summed E-state index contributed by atoms with van der Waals surface area (Å²) >= 11 is 0. The molecule has 1 aromatic rings. The molecule has 0 atom stereocenters. The van der Waals surface area contributed by atoms with Crippen LogP contribution in [-0.4, -0.2) is 5.11 Å². The molecule has 1 aromatic carbocycles. The van der Waals surface area contributed by atoms with Gasteiger partial charge in [0.1, 0.15) is 5.75 Å². The molecule has 1 N–H and O–H groups in total. The van der Waals surface area contributed by atoms with Gasteiger partial charge in [0.05, 0.1) is 0 Å². The van der Waals surface area contributed by atoms with Gasteiger partial charge in [-0.3, -0.25) is 0 Å². The molecular formula is C24H40O. The van der Waals surface area contributed by atoms with Gasteiger partial charge >= 0.3 is 0 Å². The molecule has 0 aromatic heterocycles. The van der Waals surface area contributed by atoms with Gasteiger partial charge in [0, 0.05) is 0 Å². The molecule has 1 aliphatic rings. The predicted molar refractivity (Wildman–Crippen MR) is 109 cm³/mol. The van der Waals surface area contributed by atoms with Crippen molar-refractivity contribution >= 4 is 0 Å². The van der Waals surface area contributed by atoms with Crippen LogP contribution in [0.25, 0.3) is 0 Å². The zero-order valence-electron chi connectivity index (χ0n) is 16.5. The van der Waals surface area contributed by atoms with E-state index in [9.17, 15) is 5.11 Å². The molecule has 0 amide bonds. The number of unbranched alkanes of at least 4 members (excludes halogenated alkanes) is 9. The number of para-hydroxylation sites is 1. The first-order chi connectivity index (χ1) is 12.3. The number of hydrogen-bond donors (Lipinski definition) is 1.